The van der Waals surface area contributed by atoms with Gasteiger partial charge in [-0.3, -0.25) is 0 Å². The number of para-hydroxylation sites is 1. The molecule has 5 rings (SSSR count). The van der Waals surface area contributed by atoms with Crippen LogP contribution in [-0.2, 0) is 0 Å². The van der Waals surface area contributed by atoms with Gasteiger partial charge in [0.15, 0.2) is 0 Å². The number of nitrogens with one attached hydrogen (secondary N) is 1. The largest absolute Gasteiger partial charge is 0.355 e. The lowest BCUT2D eigenvalue weighted by atomic mass is 10.00. The molecular formula is C34H35N. The molecule has 0 fully saturated rings. The maximum atomic E-state index is 3.58. The van der Waals surface area contributed by atoms with Crippen molar-refractivity contribution in [2.75, 3.05) is 5.32 Å². The minimum Gasteiger partial charge on any atom is -0.355 e. The summed E-state index contributed by atoms with van der Waals surface area (Å²) in [5.41, 5.74) is 9.49. The van der Waals surface area contributed by atoms with Crippen LogP contribution < -0.4 is 5.32 Å². The molecule has 5 aromatic carbocycles. The molecule has 1 heteroatoms. The van der Waals surface area contributed by atoms with Crippen molar-refractivity contribution in [3.63, 3.8) is 0 Å². The zero-order chi connectivity index (χ0) is 24.9. The van der Waals surface area contributed by atoms with Gasteiger partial charge in [-0.05, 0) is 46.0 Å². The fourth-order valence-corrected chi connectivity index (χ4v) is 3.85. The normalized spacial score (nSPS) is 9.71. The van der Waals surface area contributed by atoms with Gasteiger partial charge in [0.2, 0.25) is 0 Å². The number of anilines is 2. The first-order valence-corrected chi connectivity index (χ1v) is 12.5. The molecule has 0 aliphatic carbocycles. The maximum Gasteiger partial charge on any atom is 0.0463 e. The Morgan fingerprint density at radius 1 is 0.343 bits per heavy atom. The second-order valence-electron chi connectivity index (χ2n) is 7.56. The lowest BCUT2D eigenvalue weighted by Crippen LogP contribution is -1.93. The number of benzene rings is 5. The molecule has 0 aliphatic rings. The van der Waals surface area contributed by atoms with Gasteiger partial charge >= 0.3 is 0 Å². The first kappa shape index (κ1) is 25.5. The van der Waals surface area contributed by atoms with Crippen molar-refractivity contribution in [1.82, 2.24) is 0 Å². The molecule has 0 unspecified atom stereocenters. The summed E-state index contributed by atoms with van der Waals surface area (Å²) >= 11 is 0. The summed E-state index contributed by atoms with van der Waals surface area (Å²) < 4.78 is 0. The van der Waals surface area contributed by atoms with E-state index in [1.807, 2.05) is 39.8 Å². The maximum absolute atomic E-state index is 3.58. The van der Waals surface area contributed by atoms with Gasteiger partial charge in [0.1, 0.15) is 0 Å². The SMILES string of the molecule is CC.CC.c1ccc(-c2ccc(-c3ccc(Nc4ccccc4-c4ccccc4)cc3)cc2)cc1. The Balaban J connectivity index is 0.000000815. The first-order valence-electron chi connectivity index (χ1n) is 12.5. The van der Waals surface area contributed by atoms with Crippen LogP contribution >= 0.6 is 0 Å². The van der Waals surface area contributed by atoms with E-state index >= 15 is 0 Å². The number of hydrogen-bond donors (Lipinski definition) is 1. The van der Waals surface area contributed by atoms with Gasteiger partial charge in [-0.15, -0.1) is 0 Å². The van der Waals surface area contributed by atoms with E-state index in [1.54, 1.807) is 0 Å². The summed E-state index contributed by atoms with van der Waals surface area (Å²) in [6, 6.07) is 46.8. The third kappa shape index (κ3) is 6.71. The highest BCUT2D eigenvalue weighted by atomic mass is 14.9. The Hall–Kier alpha value is -4.10. The van der Waals surface area contributed by atoms with Gasteiger partial charge in [-0.25, -0.2) is 0 Å². The van der Waals surface area contributed by atoms with Crippen LogP contribution in [0.25, 0.3) is 33.4 Å². The second kappa shape index (κ2) is 13.6. The Kier molecular flexibility index (Phi) is 9.89. The highest BCUT2D eigenvalue weighted by molar-refractivity contribution is 5.81. The van der Waals surface area contributed by atoms with Gasteiger partial charge in [-0.1, -0.05) is 143 Å². The van der Waals surface area contributed by atoms with Crippen molar-refractivity contribution in [3.8, 4) is 33.4 Å². The molecule has 0 amide bonds. The number of rotatable bonds is 5. The highest BCUT2D eigenvalue weighted by Gasteiger charge is 2.05. The van der Waals surface area contributed by atoms with E-state index < -0.39 is 0 Å². The van der Waals surface area contributed by atoms with E-state index in [0.29, 0.717) is 0 Å². The fraction of sp³-hybridized carbons (Fsp3) is 0.118. The van der Waals surface area contributed by atoms with E-state index in [9.17, 15) is 0 Å². The van der Waals surface area contributed by atoms with Gasteiger partial charge in [0, 0.05) is 16.9 Å². The van der Waals surface area contributed by atoms with Crippen molar-refractivity contribution in [2.24, 2.45) is 0 Å². The minimum atomic E-state index is 1.08. The van der Waals surface area contributed by atoms with Crippen molar-refractivity contribution in [2.45, 2.75) is 27.7 Å². The predicted molar refractivity (Wildman–Crippen MR) is 155 cm³/mol. The van der Waals surface area contributed by atoms with Crippen LogP contribution in [0.1, 0.15) is 27.7 Å². The monoisotopic (exact) mass is 457 g/mol. The van der Waals surface area contributed by atoms with Crippen LogP contribution in [0.3, 0.4) is 0 Å². The van der Waals surface area contributed by atoms with Gasteiger partial charge < -0.3 is 5.32 Å². The summed E-state index contributed by atoms with van der Waals surface area (Å²) in [4.78, 5) is 0. The van der Waals surface area contributed by atoms with E-state index in [4.69, 9.17) is 0 Å². The molecule has 0 spiro atoms. The summed E-state index contributed by atoms with van der Waals surface area (Å²) in [6.07, 6.45) is 0. The predicted octanol–water partition coefficient (Wildman–Crippen LogP) is 10.5. The molecule has 0 radical (unpaired) electrons. The van der Waals surface area contributed by atoms with Crippen molar-refractivity contribution >= 4 is 11.4 Å². The van der Waals surface area contributed by atoms with E-state index in [-0.39, 0.29) is 0 Å². The molecule has 176 valence electrons. The van der Waals surface area contributed by atoms with E-state index in [2.05, 4.69) is 127 Å². The van der Waals surface area contributed by atoms with Crippen LogP contribution in [0, 0.1) is 0 Å². The minimum absolute atomic E-state index is 1.08. The van der Waals surface area contributed by atoms with Gasteiger partial charge in [0.25, 0.3) is 0 Å². The quantitative estimate of drug-likeness (QED) is 0.277. The Morgan fingerprint density at radius 2 is 0.714 bits per heavy atom. The number of hydrogen-bond acceptors (Lipinski definition) is 1. The molecule has 5 aromatic rings. The molecule has 1 N–H and O–H groups in total. The zero-order valence-corrected chi connectivity index (χ0v) is 21.2. The van der Waals surface area contributed by atoms with Crippen molar-refractivity contribution in [1.29, 1.82) is 0 Å². The summed E-state index contributed by atoms with van der Waals surface area (Å²) in [7, 11) is 0. The summed E-state index contributed by atoms with van der Waals surface area (Å²) in [5, 5.41) is 3.58. The molecule has 0 bridgehead atoms. The highest BCUT2D eigenvalue weighted by Crippen LogP contribution is 2.31. The Bertz CT molecular complexity index is 1260. The average Bonchev–Trinajstić information content (AvgIpc) is 2.97. The molecule has 0 saturated heterocycles. The van der Waals surface area contributed by atoms with Crippen LogP contribution in [0.4, 0.5) is 11.4 Å². The Morgan fingerprint density at radius 3 is 1.23 bits per heavy atom. The molecule has 0 aromatic heterocycles. The van der Waals surface area contributed by atoms with Crippen LogP contribution in [0.2, 0.25) is 0 Å². The van der Waals surface area contributed by atoms with Crippen molar-refractivity contribution in [3.05, 3.63) is 133 Å². The molecular weight excluding hydrogens is 422 g/mol. The molecule has 0 atom stereocenters. The Labute approximate surface area is 211 Å². The fourth-order valence-electron chi connectivity index (χ4n) is 3.85. The standard InChI is InChI=1S/C30H23N.2C2H6/c1-3-9-23(10-4-1)24-15-17-25(18-16-24)26-19-21-28(22-20-26)31-30-14-8-7-13-29(30)27-11-5-2-6-12-27;2*1-2/h1-22,31H;2*1-2H3. The smallest absolute Gasteiger partial charge is 0.0463 e. The van der Waals surface area contributed by atoms with E-state index in [1.165, 1.54) is 33.4 Å². The lowest BCUT2D eigenvalue weighted by molar-refractivity contribution is 1.50. The summed E-state index contributed by atoms with van der Waals surface area (Å²) in [6.45, 7) is 8.00. The van der Waals surface area contributed by atoms with Crippen LogP contribution in [0.5, 0.6) is 0 Å². The molecule has 0 heterocycles. The topological polar surface area (TPSA) is 12.0 Å². The average molecular weight is 458 g/mol. The molecule has 0 aliphatic heterocycles. The van der Waals surface area contributed by atoms with Crippen LogP contribution in [0.15, 0.2) is 133 Å². The molecule has 1 nitrogen and oxygen atoms in total. The third-order valence-electron chi connectivity index (χ3n) is 5.50. The van der Waals surface area contributed by atoms with Crippen LogP contribution in [-0.4, -0.2) is 0 Å². The van der Waals surface area contributed by atoms with Gasteiger partial charge in [0.05, 0.1) is 0 Å². The second-order valence-corrected chi connectivity index (χ2v) is 7.56. The molecule has 35 heavy (non-hydrogen) atoms. The van der Waals surface area contributed by atoms with Gasteiger partial charge in [-0.2, -0.15) is 0 Å². The first-order chi connectivity index (χ1) is 17.4. The molecule has 0 saturated carbocycles. The third-order valence-corrected chi connectivity index (χ3v) is 5.50. The summed E-state index contributed by atoms with van der Waals surface area (Å²) in [5.74, 6) is 0. The lowest BCUT2D eigenvalue weighted by Gasteiger charge is -2.13. The van der Waals surface area contributed by atoms with Crippen molar-refractivity contribution < 1.29 is 0 Å². The van der Waals surface area contributed by atoms with E-state index in [0.717, 1.165) is 11.4 Å². The zero-order valence-electron chi connectivity index (χ0n) is 21.2.